The minimum atomic E-state index is -4.53. The van der Waals surface area contributed by atoms with Crippen LogP contribution in [-0.2, 0) is 26.3 Å². The third-order valence-corrected chi connectivity index (χ3v) is 5.86. The maximum atomic E-state index is 15.5. The summed E-state index contributed by atoms with van der Waals surface area (Å²) in [6.07, 6.45) is -2.95. The molecule has 1 aromatic heterocycles. The summed E-state index contributed by atoms with van der Waals surface area (Å²) in [5.74, 6) is -1.68. The van der Waals surface area contributed by atoms with E-state index in [1.54, 1.807) is 24.4 Å². The summed E-state index contributed by atoms with van der Waals surface area (Å²) in [6.45, 7) is 3.91. The van der Waals surface area contributed by atoms with Gasteiger partial charge in [0.25, 0.3) is 0 Å². The number of benzene rings is 4. The third-order valence-electron chi connectivity index (χ3n) is 5.86. The van der Waals surface area contributed by atoms with Gasteiger partial charge in [0, 0.05) is 31.7 Å². The van der Waals surface area contributed by atoms with Crippen molar-refractivity contribution >= 4 is 21.5 Å². The van der Waals surface area contributed by atoms with Gasteiger partial charge < -0.3 is 4.98 Å². The number of hydrogen-bond donors (Lipinski definition) is 0. The number of aromatic nitrogens is 1. The average Bonchev–Trinajstić information content (AvgIpc) is 2.77. The van der Waals surface area contributed by atoms with Gasteiger partial charge in [-0.15, -0.1) is 34.9 Å². The standard InChI is InChI=1S/C28H17F5N.Ir/c1-15-11-16(2)13-18(12-15)27-22-8-7-21-23(20(22)9-10-34-27)14-24(29)25(26(21)30)17-3-5-19(6-4-17)28(31,32)33;/h3-12,14H,1-2H3;/q-1;. The molecular formula is C28H17F5IrN-. The van der Waals surface area contributed by atoms with Gasteiger partial charge in [0.2, 0.25) is 0 Å². The first-order valence-electron chi connectivity index (χ1n) is 10.5. The van der Waals surface area contributed by atoms with Gasteiger partial charge in [-0.05, 0) is 51.7 Å². The minimum Gasteiger partial charge on any atom is -0.304 e. The number of hydrogen-bond acceptors (Lipinski definition) is 1. The summed E-state index contributed by atoms with van der Waals surface area (Å²) in [7, 11) is 0. The first-order valence-corrected chi connectivity index (χ1v) is 10.5. The molecule has 4 aromatic carbocycles. The maximum Gasteiger partial charge on any atom is 0.416 e. The van der Waals surface area contributed by atoms with Crippen LogP contribution < -0.4 is 0 Å². The van der Waals surface area contributed by atoms with E-state index in [-0.39, 0.29) is 36.6 Å². The Bertz CT molecular complexity index is 1550. The van der Waals surface area contributed by atoms with Crippen LogP contribution in [0.15, 0.2) is 66.9 Å². The Morgan fingerprint density at radius 3 is 2.11 bits per heavy atom. The van der Waals surface area contributed by atoms with Crippen molar-refractivity contribution in [3.63, 3.8) is 0 Å². The van der Waals surface area contributed by atoms with Gasteiger partial charge in [0.05, 0.1) is 11.1 Å². The Morgan fingerprint density at radius 2 is 1.46 bits per heavy atom. The van der Waals surface area contributed by atoms with Crippen molar-refractivity contribution in [3.05, 3.63) is 101 Å². The fourth-order valence-electron chi connectivity index (χ4n) is 4.39. The van der Waals surface area contributed by atoms with Crippen molar-refractivity contribution in [2.75, 3.05) is 0 Å². The van der Waals surface area contributed by atoms with Crippen LogP contribution in [0, 0.1) is 31.5 Å². The maximum absolute atomic E-state index is 15.5. The SMILES string of the molecule is Cc1[c-]c(-c2nccc3c2ccc2c(F)c(-c4ccc(C(F)(F)F)cc4)c(F)cc23)cc(C)c1.[Ir]. The molecule has 0 amide bonds. The topological polar surface area (TPSA) is 12.9 Å². The quantitative estimate of drug-likeness (QED) is 0.106. The molecule has 1 nitrogen and oxygen atoms in total. The molecule has 35 heavy (non-hydrogen) atoms. The molecule has 0 bridgehead atoms. The Kier molecular flexibility index (Phi) is 6.51. The second kappa shape index (κ2) is 9.14. The van der Waals surface area contributed by atoms with Gasteiger partial charge in [0.1, 0.15) is 11.6 Å². The van der Waals surface area contributed by atoms with E-state index in [0.29, 0.717) is 16.5 Å². The molecule has 1 heterocycles. The van der Waals surface area contributed by atoms with Crippen LogP contribution in [-0.4, -0.2) is 4.98 Å². The summed E-state index contributed by atoms with van der Waals surface area (Å²) < 4.78 is 69.3. The van der Waals surface area contributed by atoms with Crippen LogP contribution >= 0.6 is 0 Å². The van der Waals surface area contributed by atoms with Crippen LogP contribution in [0.5, 0.6) is 0 Å². The Hall–Kier alpha value is -3.15. The molecule has 0 spiro atoms. The third kappa shape index (κ3) is 4.46. The predicted molar refractivity (Wildman–Crippen MR) is 123 cm³/mol. The molecule has 0 atom stereocenters. The normalized spacial score (nSPS) is 11.6. The summed E-state index contributed by atoms with van der Waals surface area (Å²) >= 11 is 0. The first-order chi connectivity index (χ1) is 16.1. The van der Waals surface area contributed by atoms with E-state index in [0.717, 1.165) is 46.3 Å². The van der Waals surface area contributed by atoms with E-state index in [9.17, 15) is 13.2 Å². The number of rotatable bonds is 2. The second-order valence-electron chi connectivity index (χ2n) is 8.29. The number of aryl methyl sites for hydroxylation is 2. The van der Waals surface area contributed by atoms with E-state index >= 15 is 8.78 Å². The molecule has 0 N–H and O–H groups in total. The van der Waals surface area contributed by atoms with Crippen molar-refractivity contribution < 1.29 is 42.1 Å². The van der Waals surface area contributed by atoms with E-state index in [4.69, 9.17) is 0 Å². The molecule has 7 heteroatoms. The summed E-state index contributed by atoms with van der Waals surface area (Å²) in [5, 5.41) is 1.87. The van der Waals surface area contributed by atoms with E-state index in [1.165, 1.54) is 6.07 Å². The average molecular weight is 655 g/mol. The zero-order valence-corrected chi connectivity index (χ0v) is 20.9. The van der Waals surface area contributed by atoms with Crippen LogP contribution in [0.4, 0.5) is 22.0 Å². The van der Waals surface area contributed by atoms with Crippen molar-refractivity contribution in [1.82, 2.24) is 4.98 Å². The number of pyridine rings is 1. The van der Waals surface area contributed by atoms with E-state index in [1.807, 2.05) is 26.0 Å². The molecule has 0 saturated carbocycles. The zero-order chi connectivity index (χ0) is 24.2. The summed E-state index contributed by atoms with van der Waals surface area (Å²) in [4.78, 5) is 4.49. The Morgan fingerprint density at radius 1 is 0.771 bits per heavy atom. The van der Waals surface area contributed by atoms with Crippen LogP contribution in [0.1, 0.15) is 16.7 Å². The van der Waals surface area contributed by atoms with Crippen LogP contribution in [0.3, 0.4) is 0 Å². The molecule has 179 valence electrons. The van der Waals surface area contributed by atoms with E-state index < -0.39 is 23.4 Å². The molecule has 1 radical (unpaired) electrons. The minimum absolute atomic E-state index is 0. The Labute approximate surface area is 212 Å². The molecule has 0 aliphatic rings. The number of halogens is 5. The molecule has 0 unspecified atom stereocenters. The van der Waals surface area contributed by atoms with Gasteiger partial charge in [-0.1, -0.05) is 38.1 Å². The van der Waals surface area contributed by atoms with Crippen molar-refractivity contribution in [3.8, 4) is 22.4 Å². The summed E-state index contributed by atoms with van der Waals surface area (Å²) in [5.41, 5.74) is 2.22. The first kappa shape index (κ1) is 25.0. The second-order valence-corrected chi connectivity index (χ2v) is 8.29. The van der Waals surface area contributed by atoms with Gasteiger partial charge in [0.15, 0.2) is 0 Å². The fourth-order valence-corrected chi connectivity index (χ4v) is 4.39. The molecule has 0 aliphatic carbocycles. The fraction of sp³-hybridized carbons (Fsp3) is 0.107. The molecule has 5 aromatic rings. The van der Waals surface area contributed by atoms with Gasteiger partial charge in [-0.25, -0.2) is 8.78 Å². The van der Waals surface area contributed by atoms with Gasteiger partial charge in [-0.2, -0.15) is 13.2 Å². The number of fused-ring (bicyclic) bond motifs is 3. The smallest absolute Gasteiger partial charge is 0.304 e. The zero-order valence-electron chi connectivity index (χ0n) is 18.5. The number of alkyl halides is 3. The number of nitrogens with zero attached hydrogens (tertiary/aromatic N) is 1. The van der Waals surface area contributed by atoms with Crippen molar-refractivity contribution in [2.24, 2.45) is 0 Å². The van der Waals surface area contributed by atoms with Crippen molar-refractivity contribution in [2.45, 2.75) is 20.0 Å². The van der Waals surface area contributed by atoms with Crippen LogP contribution in [0.2, 0.25) is 0 Å². The molecule has 5 rings (SSSR count). The molecule has 0 fully saturated rings. The Balaban J connectivity index is 0.00000289. The van der Waals surface area contributed by atoms with Gasteiger partial charge in [-0.3, -0.25) is 0 Å². The predicted octanol–water partition coefficient (Wildman–Crippen LogP) is 8.43. The van der Waals surface area contributed by atoms with Gasteiger partial charge >= 0.3 is 6.18 Å². The van der Waals surface area contributed by atoms with Crippen molar-refractivity contribution in [1.29, 1.82) is 0 Å². The van der Waals surface area contributed by atoms with E-state index in [2.05, 4.69) is 11.1 Å². The molecular weight excluding hydrogens is 638 g/mol. The molecule has 0 saturated heterocycles. The molecule has 0 aliphatic heterocycles. The summed E-state index contributed by atoms with van der Waals surface area (Å²) in [6, 6.07) is 17.2. The van der Waals surface area contributed by atoms with Crippen LogP contribution in [0.25, 0.3) is 43.9 Å². The monoisotopic (exact) mass is 655 g/mol. The largest absolute Gasteiger partial charge is 0.416 e.